The topological polar surface area (TPSA) is 7.94 Å². The Bertz CT molecular complexity index is 669. The molecular weight excluding hydrogens is 231 g/mol. The molecule has 0 aromatic carbocycles. The largest absolute Gasteiger partial charge is 0.505 e. The second kappa shape index (κ2) is 3.99. The molecule has 0 aliphatic carbocycles. The number of hydrogen-bond donors (Lipinski definition) is 0. The van der Waals surface area contributed by atoms with Crippen LogP contribution in [-0.2, 0) is 0 Å². The van der Waals surface area contributed by atoms with Crippen LogP contribution in [0.3, 0.4) is 0 Å². The van der Waals surface area contributed by atoms with Crippen LogP contribution < -0.4 is 0 Å². The molecule has 0 fully saturated rings. The highest BCUT2D eigenvalue weighted by molar-refractivity contribution is 6.29. The monoisotopic (exact) mass is 252 g/mol. The standard InChI is InChI=1S/C16H21BN2/c1-9(2)16-12(5)15-8-14-10(3)7-11(4)18(14)17-19(15)13(16)6/h7-9H,1-6H3. The van der Waals surface area contributed by atoms with Gasteiger partial charge >= 0.3 is 0 Å². The zero-order chi connectivity index (χ0) is 13.9. The van der Waals surface area contributed by atoms with Crippen molar-refractivity contribution in [3.8, 4) is 0 Å². The molecule has 0 amide bonds. The molecule has 2 radical (unpaired) electrons. The first-order valence-electron chi connectivity index (χ1n) is 7.01. The minimum absolute atomic E-state index is 0.571. The molecule has 0 atom stereocenters. The average molecular weight is 252 g/mol. The van der Waals surface area contributed by atoms with Gasteiger partial charge in [-0.15, -0.1) is 0 Å². The Kier molecular flexibility index (Phi) is 2.63. The number of hydrogen-bond acceptors (Lipinski definition) is 0. The van der Waals surface area contributed by atoms with E-state index in [0.717, 1.165) is 0 Å². The molecule has 98 valence electrons. The Hall–Kier alpha value is -1.51. The highest BCUT2D eigenvalue weighted by atomic mass is 15.1. The smallest absolute Gasteiger partial charge is 0.221 e. The van der Waals surface area contributed by atoms with Crippen LogP contribution in [0.5, 0.6) is 0 Å². The van der Waals surface area contributed by atoms with Crippen LogP contribution in [0.25, 0.3) is 6.08 Å². The lowest BCUT2D eigenvalue weighted by Crippen LogP contribution is -2.30. The van der Waals surface area contributed by atoms with Crippen molar-refractivity contribution in [2.75, 3.05) is 0 Å². The van der Waals surface area contributed by atoms with Crippen LogP contribution in [0.2, 0.25) is 0 Å². The third-order valence-electron chi connectivity index (χ3n) is 4.35. The predicted octanol–water partition coefficient (Wildman–Crippen LogP) is 3.30. The van der Waals surface area contributed by atoms with Crippen molar-refractivity contribution in [3.63, 3.8) is 0 Å². The lowest BCUT2D eigenvalue weighted by Gasteiger charge is -2.26. The first-order chi connectivity index (χ1) is 8.91. The van der Waals surface area contributed by atoms with E-state index in [2.05, 4.69) is 70.2 Å². The molecule has 3 rings (SSSR count). The van der Waals surface area contributed by atoms with E-state index in [0.29, 0.717) is 5.92 Å². The molecule has 0 bridgehead atoms. The SMILES string of the molecule is CC1=C(C(C)C)C(C)=[N+]2[B-]n3c(C)cc(C)c3C=C12. The third kappa shape index (κ3) is 1.60. The van der Waals surface area contributed by atoms with Gasteiger partial charge in [-0.05, 0) is 44.0 Å². The minimum atomic E-state index is 0.571. The zero-order valence-electron chi connectivity index (χ0n) is 12.7. The van der Waals surface area contributed by atoms with Crippen molar-refractivity contribution in [2.45, 2.75) is 41.5 Å². The van der Waals surface area contributed by atoms with Gasteiger partial charge in [0.05, 0.1) is 0 Å². The Morgan fingerprint density at radius 1 is 1.16 bits per heavy atom. The third-order valence-corrected chi connectivity index (χ3v) is 4.35. The van der Waals surface area contributed by atoms with Gasteiger partial charge in [-0.25, -0.2) is 0 Å². The highest BCUT2D eigenvalue weighted by Gasteiger charge is 2.30. The summed E-state index contributed by atoms with van der Waals surface area (Å²) in [7, 11) is 2.24. The lowest BCUT2D eigenvalue weighted by molar-refractivity contribution is -0.314. The Balaban J connectivity index is 2.23. The van der Waals surface area contributed by atoms with E-state index in [4.69, 9.17) is 0 Å². The number of rotatable bonds is 1. The van der Waals surface area contributed by atoms with Gasteiger partial charge in [-0.1, -0.05) is 13.8 Å². The van der Waals surface area contributed by atoms with E-state index >= 15 is 0 Å². The average Bonchev–Trinajstić information content (AvgIpc) is 2.75. The fourth-order valence-electron chi connectivity index (χ4n) is 3.50. The van der Waals surface area contributed by atoms with Crippen LogP contribution in [0.1, 0.15) is 44.6 Å². The summed E-state index contributed by atoms with van der Waals surface area (Å²) in [6, 6.07) is 2.25. The fourth-order valence-corrected chi connectivity index (χ4v) is 3.50. The summed E-state index contributed by atoms with van der Waals surface area (Å²) < 4.78 is 4.63. The number of aromatic nitrogens is 1. The van der Waals surface area contributed by atoms with E-state index in [1.807, 2.05) is 0 Å². The van der Waals surface area contributed by atoms with E-state index < -0.39 is 0 Å². The molecule has 0 spiro atoms. The molecule has 2 aliphatic rings. The predicted molar refractivity (Wildman–Crippen MR) is 81.5 cm³/mol. The molecule has 19 heavy (non-hydrogen) atoms. The molecular formula is C16H21BN2. The Labute approximate surface area is 116 Å². The molecule has 0 N–H and O–H groups in total. The molecule has 1 aromatic rings. The summed E-state index contributed by atoms with van der Waals surface area (Å²) >= 11 is 0. The van der Waals surface area contributed by atoms with Crippen molar-refractivity contribution in [1.82, 2.24) is 4.48 Å². The van der Waals surface area contributed by atoms with Gasteiger partial charge in [0.15, 0.2) is 5.70 Å². The van der Waals surface area contributed by atoms with Gasteiger partial charge in [-0.3, -0.25) is 0 Å². The van der Waals surface area contributed by atoms with Crippen molar-refractivity contribution >= 4 is 19.3 Å². The molecule has 2 nitrogen and oxygen atoms in total. The first-order valence-corrected chi connectivity index (χ1v) is 7.01. The Morgan fingerprint density at radius 3 is 2.47 bits per heavy atom. The van der Waals surface area contributed by atoms with Gasteiger partial charge in [0, 0.05) is 29.8 Å². The lowest BCUT2D eigenvalue weighted by atomic mass is 9.95. The van der Waals surface area contributed by atoms with Crippen LogP contribution in [0, 0.1) is 19.8 Å². The van der Waals surface area contributed by atoms with E-state index in [9.17, 15) is 0 Å². The van der Waals surface area contributed by atoms with Crippen molar-refractivity contribution in [3.05, 3.63) is 39.9 Å². The molecule has 1 aromatic heterocycles. The second-order valence-corrected chi connectivity index (χ2v) is 6.02. The van der Waals surface area contributed by atoms with Crippen LogP contribution in [0.15, 0.2) is 22.9 Å². The van der Waals surface area contributed by atoms with Gasteiger partial charge in [-0.2, -0.15) is 0 Å². The normalized spacial score (nSPS) is 18.2. The molecule has 0 saturated heterocycles. The number of fused-ring (bicyclic) bond motifs is 2. The zero-order valence-corrected chi connectivity index (χ0v) is 12.7. The summed E-state index contributed by atoms with van der Waals surface area (Å²) in [6.07, 6.45) is 2.33. The molecule has 0 unspecified atom stereocenters. The van der Waals surface area contributed by atoms with Gasteiger partial charge in [0.1, 0.15) is 5.71 Å². The van der Waals surface area contributed by atoms with E-state index in [-0.39, 0.29) is 0 Å². The number of allylic oxidation sites excluding steroid dienone is 2. The first kappa shape index (κ1) is 12.5. The maximum Gasteiger partial charge on any atom is 0.221 e. The summed E-state index contributed by atoms with van der Waals surface area (Å²) in [5.74, 6) is 0.571. The number of nitrogens with zero attached hydrogens (tertiary/aromatic N) is 2. The van der Waals surface area contributed by atoms with Crippen molar-refractivity contribution in [2.24, 2.45) is 5.92 Å². The molecule has 2 aliphatic heterocycles. The van der Waals surface area contributed by atoms with Gasteiger partial charge < -0.3 is 8.96 Å². The van der Waals surface area contributed by atoms with Crippen LogP contribution in [0.4, 0.5) is 0 Å². The Morgan fingerprint density at radius 2 is 1.84 bits per heavy atom. The highest BCUT2D eigenvalue weighted by Crippen LogP contribution is 2.33. The van der Waals surface area contributed by atoms with E-state index in [1.165, 1.54) is 39.5 Å². The van der Waals surface area contributed by atoms with Gasteiger partial charge in [0.2, 0.25) is 7.55 Å². The maximum absolute atomic E-state index is 2.34. The number of aryl methyl sites for hydroxylation is 2. The van der Waals surface area contributed by atoms with E-state index in [1.54, 1.807) is 0 Å². The van der Waals surface area contributed by atoms with Gasteiger partial charge in [0.25, 0.3) is 0 Å². The summed E-state index contributed by atoms with van der Waals surface area (Å²) in [6.45, 7) is 13.4. The minimum Gasteiger partial charge on any atom is -0.505 e. The van der Waals surface area contributed by atoms with Crippen LogP contribution in [-0.4, -0.2) is 22.2 Å². The molecule has 0 saturated carbocycles. The summed E-state index contributed by atoms with van der Waals surface area (Å²) in [4.78, 5) is 0. The quantitative estimate of drug-likeness (QED) is 0.677. The van der Waals surface area contributed by atoms with Crippen molar-refractivity contribution < 1.29 is 4.49 Å². The maximum atomic E-state index is 2.34. The summed E-state index contributed by atoms with van der Waals surface area (Å²) in [5, 5.41) is 0. The van der Waals surface area contributed by atoms with Crippen LogP contribution >= 0.6 is 0 Å². The molecule has 3 heterocycles. The van der Waals surface area contributed by atoms with Crippen molar-refractivity contribution in [1.29, 1.82) is 0 Å². The molecule has 3 heteroatoms. The second-order valence-electron chi connectivity index (χ2n) is 6.02. The summed E-state index contributed by atoms with van der Waals surface area (Å²) in [5.41, 5.74) is 9.60. The fraction of sp³-hybridized carbons (Fsp3) is 0.438.